The largest absolute Gasteiger partial charge is 0.497 e. The summed E-state index contributed by atoms with van der Waals surface area (Å²) in [5.41, 5.74) is 7.76. The van der Waals surface area contributed by atoms with E-state index in [4.69, 9.17) is 10.5 Å². The minimum atomic E-state index is -0.188. The van der Waals surface area contributed by atoms with Gasteiger partial charge in [0.15, 0.2) is 0 Å². The van der Waals surface area contributed by atoms with Crippen LogP contribution in [0, 0.1) is 0 Å². The summed E-state index contributed by atoms with van der Waals surface area (Å²) < 4.78 is 6.84. The summed E-state index contributed by atoms with van der Waals surface area (Å²) in [6.07, 6.45) is 2.46. The first-order valence-electron chi connectivity index (χ1n) is 6.30. The average molecular weight is 274 g/mol. The third-order valence-corrected chi connectivity index (χ3v) is 3.09. The predicted octanol–water partition coefficient (Wildman–Crippen LogP) is 0.983. The summed E-state index contributed by atoms with van der Waals surface area (Å²) in [4.78, 5) is 12.0. The number of ether oxygens (including phenoxy) is 1. The van der Waals surface area contributed by atoms with Gasteiger partial charge in [0.05, 0.1) is 12.7 Å². The molecule has 0 fully saturated rings. The number of aryl methyl sites for hydroxylation is 1. The number of nitrogens with one attached hydrogen (secondary N) is 1. The third kappa shape index (κ3) is 3.09. The Morgan fingerprint density at radius 1 is 1.45 bits per heavy atom. The maximum atomic E-state index is 12.0. The molecule has 0 unspecified atom stereocenters. The van der Waals surface area contributed by atoms with Gasteiger partial charge in [0.25, 0.3) is 5.91 Å². The summed E-state index contributed by atoms with van der Waals surface area (Å²) >= 11 is 0. The second kappa shape index (κ2) is 6.10. The number of carbonyl (C=O) groups is 1. The molecule has 1 heterocycles. The van der Waals surface area contributed by atoms with Crippen LogP contribution in [-0.4, -0.2) is 29.3 Å². The molecule has 1 aromatic heterocycles. The number of benzene rings is 1. The monoisotopic (exact) mass is 274 g/mol. The first-order valence-corrected chi connectivity index (χ1v) is 6.30. The molecule has 6 nitrogen and oxygen atoms in total. The van der Waals surface area contributed by atoms with Crippen LogP contribution < -0.4 is 15.8 Å². The second-order valence-corrected chi connectivity index (χ2v) is 4.41. The Bertz CT molecular complexity index is 607. The molecule has 6 heteroatoms. The van der Waals surface area contributed by atoms with Crippen LogP contribution in [0.2, 0.25) is 0 Å². The molecule has 0 atom stereocenters. The van der Waals surface area contributed by atoms with Gasteiger partial charge < -0.3 is 15.8 Å². The van der Waals surface area contributed by atoms with Crippen molar-refractivity contribution in [3.63, 3.8) is 0 Å². The zero-order chi connectivity index (χ0) is 14.5. The summed E-state index contributed by atoms with van der Waals surface area (Å²) in [5.74, 6) is 0.446. The molecule has 2 aromatic rings. The lowest BCUT2D eigenvalue weighted by Gasteiger charge is -2.09. The second-order valence-electron chi connectivity index (χ2n) is 4.41. The molecule has 0 saturated heterocycles. The standard InChI is InChI=1S/C14H18N4O2/c1-18-10(6-8-17-18)5-7-16-14(19)12-4-3-11(20-2)9-13(12)15/h3-4,6,8-9H,5,7,15H2,1-2H3,(H,16,19). The molecule has 0 aliphatic rings. The highest BCUT2D eigenvalue weighted by Crippen LogP contribution is 2.19. The normalized spacial score (nSPS) is 10.3. The van der Waals surface area contributed by atoms with Gasteiger partial charge in [0, 0.05) is 43.7 Å². The highest BCUT2D eigenvalue weighted by Gasteiger charge is 2.10. The van der Waals surface area contributed by atoms with Gasteiger partial charge in [-0.15, -0.1) is 0 Å². The lowest BCUT2D eigenvalue weighted by atomic mass is 10.1. The number of nitrogens with zero attached hydrogens (tertiary/aromatic N) is 2. The fraction of sp³-hybridized carbons (Fsp3) is 0.286. The molecule has 2 rings (SSSR count). The first kappa shape index (κ1) is 13.9. The van der Waals surface area contributed by atoms with Crippen LogP contribution in [0.1, 0.15) is 16.1 Å². The summed E-state index contributed by atoms with van der Waals surface area (Å²) in [6.45, 7) is 0.532. The van der Waals surface area contributed by atoms with Crippen molar-refractivity contribution < 1.29 is 9.53 Å². The molecular formula is C14H18N4O2. The number of anilines is 1. The number of hydrogen-bond donors (Lipinski definition) is 2. The fourth-order valence-corrected chi connectivity index (χ4v) is 1.92. The molecule has 0 bridgehead atoms. The van der Waals surface area contributed by atoms with E-state index in [0.29, 0.717) is 23.5 Å². The van der Waals surface area contributed by atoms with E-state index >= 15 is 0 Å². The van der Waals surface area contributed by atoms with E-state index in [2.05, 4.69) is 10.4 Å². The topological polar surface area (TPSA) is 82.2 Å². The summed E-state index contributed by atoms with van der Waals surface area (Å²) in [7, 11) is 3.43. The number of nitrogens with two attached hydrogens (primary N) is 1. The number of hydrogen-bond acceptors (Lipinski definition) is 4. The molecule has 0 saturated carbocycles. The SMILES string of the molecule is COc1ccc(C(=O)NCCc2ccnn2C)c(N)c1. The highest BCUT2D eigenvalue weighted by atomic mass is 16.5. The molecule has 20 heavy (non-hydrogen) atoms. The van der Waals surface area contributed by atoms with Crippen molar-refractivity contribution >= 4 is 11.6 Å². The zero-order valence-corrected chi connectivity index (χ0v) is 11.6. The minimum absolute atomic E-state index is 0.188. The lowest BCUT2D eigenvalue weighted by Crippen LogP contribution is -2.27. The first-order chi connectivity index (χ1) is 9.61. The van der Waals surface area contributed by atoms with Crippen molar-refractivity contribution in [2.75, 3.05) is 19.4 Å². The van der Waals surface area contributed by atoms with Crippen LogP contribution >= 0.6 is 0 Å². The summed E-state index contributed by atoms with van der Waals surface area (Å²) in [6, 6.07) is 6.93. The maximum Gasteiger partial charge on any atom is 0.253 e. The Kier molecular flexibility index (Phi) is 4.24. The Morgan fingerprint density at radius 2 is 2.25 bits per heavy atom. The average Bonchev–Trinajstić information content (AvgIpc) is 2.84. The Hall–Kier alpha value is -2.50. The smallest absolute Gasteiger partial charge is 0.253 e. The van der Waals surface area contributed by atoms with Crippen LogP contribution in [-0.2, 0) is 13.5 Å². The molecule has 1 aromatic carbocycles. The van der Waals surface area contributed by atoms with Gasteiger partial charge in [-0.25, -0.2) is 0 Å². The van der Waals surface area contributed by atoms with Crippen LogP contribution in [0.5, 0.6) is 5.75 Å². The van der Waals surface area contributed by atoms with Crippen LogP contribution in [0.15, 0.2) is 30.5 Å². The van der Waals surface area contributed by atoms with Gasteiger partial charge in [0.1, 0.15) is 5.75 Å². The molecule has 1 amide bonds. The van der Waals surface area contributed by atoms with E-state index in [9.17, 15) is 4.79 Å². The maximum absolute atomic E-state index is 12.0. The van der Waals surface area contributed by atoms with Crippen molar-refractivity contribution in [2.45, 2.75) is 6.42 Å². The van der Waals surface area contributed by atoms with Gasteiger partial charge in [-0.2, -0.15) is 5.10 Å². The number of carbonyl (C=O) groups excluding carboxylic acids is 1. The third-order valence-electron chi connectivity index (χ3n) is 3.09. The molecule has 0 aliphatic heterocycles. The number of amides is 1. The fourth-order valence-electron chi connectivity index (χ4n) is 1.92. The zero-order valence-electron chi connectivity index (χ0n) is 11.6. The van der Waals surface area contributed by atoms with Gasteiger partial charge in [-0.3, -0.25) is 9.48 Å². The van der Waals surface area contributed by atoms with E-state index in [1.807, 2.05) is 13.1 Å². The molecule has 0 spiro atoms. The quantitative estimate of drug-likeness (QED) is 0.796. The molecule has 0 aliphatic carbocycles. The number of rotatable bonds is 5. The molecular weight excluding hydrogens is 256 g/mol. The van der Waals surface area contributed by atoms with Crippen LogP contribution in [0.4, 0.5) is 5.69 Å². The van der Waals surface area contributed by atoms with Gasteiger partial charge in [-0.1, -0.05) is 0 Å². The van der Waals surface area contributed by atoms with E-state index in [0.717, 1.165) is 12.1 Å². The lowest BCUT2D eigenvalue weighted by molar-refractivity contribution is 0.0955. The van der Waals surface area contributed by atoms with Crippen molar-refractivity contribution in [1.82, 2.24) is 15.1 Å². The van der Waals surface area contributed by atoms with Crippen molar-refractivity contribution in [2.24, 2.45) is 7.05 Å². The van der Waals surface area contributed by atoms with Crippen molar-refractivity contribution in [1.29, 1.82) is 0 Å². The number of aromatic nitrogens is 2. The number of nitrogen functional groups attached to an aromatic ring is 1. The van der Waals surface area contributed by atoms with Gasteiger partial charge in [-0.05, 0) is 18.2 Å². The van der Waals surface area contributed by atoms with Gasteiger partial charge in [0.2, 0.25) is 0 Å². The Morgan fingerprint density at radius 3 is 2.85 bits per heavy atom. The van der Waals surface area contributed by atoms with E-state index in [1.54, 1.807) is 36.2 Å². The van der Waals surface area contributed by atoms with Crippen molar-refractivity contribution in [3.05, 3.63) is 41.7 Å². The molecule has 3 N–H and O–H groups in total. The Labute approximate surface area is 117 Å². The highest BCUT2D eigenvalue weighted by molar-refractivity contribution is 5.99. The Balaban J connectivity index is 1.93. The predicted molar refractivity (Wildman–Crippen MR) is 76.7 cm³/mol. The van der Waals surface area contributed by atoms with Gasteiger partial charge >= 0.3 is 0 Å². The van der Waals surface area contributed by atoms with Crippen molar-refractivity contribution in [3.8, 4) is 5.75 Å². The molecule has 0 radical (unpaired) electrons. The van der Waals surface area contributed by atoms with Crippen LogP contribution in [0.3, 0.4) is 0 Å². The molecule has 106 valence electrons. The summed E-state index contributed by atoms with van der Waals surface area (Å²) in [5, 5.41) is 6.92. The minimum Gasteiger partial charge on any atom is -0.497 e. The number of methoxy groups -OCH3 is 1. The van der Waals surface area contributed by atoms with E-state index in [1.165, 1.54) is 0 Å². The van der Waals surface area contributed by atoms with E-state index in [-0.39, 0.29) is 5.91 Å². The van der Waals surface area contributed by atoms with E-state index < -0.39 is 0 Å². The van der Waals surface area contributed by atoms with Crippen LogP contribution in [0.25, 0.3) is 0 Å².